The summed E-state index contributed by atoms with van der Waals surface area (Å²) >= 11 is 0. The third kappa shape index (κ3) is 3.63. The van der Waals surface area contributed by atoms with Gasteiger partial charge < -0.3 is 4.90 Å². The van der Waals surface area contributed by atoms with Gasteiger partial charge in [0, 0.05) is 7.05 Å². The summed E-state index contributed by atoms with van der Waals surface area (Å²) in [6.45, 7) is 6.28. The van der Waals surface area contributed by atoms with E-state index in [4.69, 9.17) is 0 Å². The van der Waals surface area contributed by atoms with Crippen molar-refractivity contribution in [1.82, 2.24) is 9.80 Å². The van der Waals surface area contributed by atoms with Crippen LogP contribution >= 0.6 is 0 Å². The highest BCUT2D eigenvalue weighted by Gasteiger charge is 2.42. The molecular weight excluding hydrogens is 274 g/mol. The quantitative estimate of drug-likeness (QED) is 0.804. The molecule has 0 N–H and O–H groups in total. The molecule has 1 aliphatic heterocycles. The van der Waals surface area contributed by atoms with Crippen molar-refractivity contribution in [2.24, 2.45) is 5.92 Å². The first-order valence-corrected chi connectivity index (χ1v) is 8.93. The van der Waals surface area contributed by atoms with Gasteiger partial charge in [-0.1, -0.05) is 19.8 Å². The Balaban J connectivity index is 2.04. The minimum absolute atomic E-state index is 0.104. The number of nitrogens with zero attached hydrogens (tertiary/aromatic N) is 3. The van der Waals surface area contributed by atoms with E-state index in [0.29, 0.717) is 5.92 Å². The molecule has 4 nitrogen and oxygen atoms in total. The van der Waals surface area contributed by atoms with Crippen LogP contribution in [0, 0.1) is 17.2 Å². The average Bonchev–Trinajstić information content (AvgIpc) is 2.83. The highest BCUT2D eigenvalue weighted by Crippen LogP contribution is 2.36. The predicted octanol–water partition coefficient (Wildman–Crippen LogP) is 3.18. The lowest BCUT2D eigenvalue weighted by Crippen LogP contribution is -2.56. The Kier molecular flexibility index (Phi) is 5.86. The zero-order valence-electron chi connectivity index (χ0n) is 14.5. The lowest BCUT2D eigenvalue weighted by molar-refractivity contribution is -0.140. The first kappa shape index (κ1) is 17.3. The van der Waals surface area contributed by atoms with E-state index in [2.05, 4.69) is 17.9 Å². The summed E-state index contributed by atoms with van der Waals surface area (Å²) in [5, 5.41) is 9.73. The van der Waals surface area contributed by atoms with Crippen molar-refractivity contribution in [3.8, 4) is 6.07 Å². The SMILES string of the molecule is CC1CCC(C#N)(N(C)C(=O)C(C)N2CCCCCC2)CC1. The van der Waals surface area contributed by atoms with E-state index in [1.807, 2.05) is 14.0 Å². The maximum Gasteiger partial charge on any atom is 0.240 e. The lowest BCUT2D eigenvalue weighted by atomic mass is 9.77. The van der Waals surface area contributed by atoms with E-state index in [0.717, 1.165) is 38.8 Å². The standard InChI is InChI=1S/C18H31N3O/c1-15-8-10-18(14-19,11-9-15)20(3)17(22)16(2)21-12-6-4-5-7-13-21/h15-16H,4-13H2,1-3H3. The lowest BCUT2D eigenvalue weighted by Gasteiger charge is -2.43. The summed E-state index contributed by atoms with van der Waals surface area (Å²) in [4.78, 5) is 17.0. The Morgan fingerprint density at radius 1 is 1.23 bits per heavy atom. The second kappa shape index (κ2) is 7.46. The molecule has 1 atom stereocenters. The first-order valence-electron chi connectivity index (χ1n) is 8.93. The molecular formula is C18H31N3O. The van der Waals surface area contributed by atoms with E-state index in [-0.39, 0.29) is 11.9 Å². The molecule has 1 unspecified atom stereocenters. The number of likely N-dealkylation sites (tertiary alicyclic amines) is 1. The smallest absolute Gasteiger partial charge is 0.240 e. The monoisotopic (exact) mass is 305 g/mol. The van der Waals surface area contributed by atoms with E-state index in [9.17, 15) is 10.1 Å². The predicted molar refractivity (Wildman–Crippen MR) is 88.2 cm³/mol. The molecule has 22 heavy (non-hydrogen) atoms. The molecule has 0 aromatic heterocycles. The van der Waals surface area contributed by atoms with Gasteiger partial charge in [-0.3, -0.25) is 9.69 Å². The van der Waals surface area contributed by atoms with Gasteiger partial charge >= 0.3 is 0 Å². The van der Waals surface area contributed by atoms with Gasteiger partial charge in [-0.15, -0.1) is 0 Å². The molecule has 2 aliphatic rings. The normalized spacial score (nSPS) is 31.8. The Morgan fingerprint density at radius 2 is 1.77 bits per heavy atom. The Bertz CT molecular complexity index is 413. The fourth-order valence-electron chi connectivity index (χ4n) is 3.89. The van der Waals surface area contributed by atoms with Crippen LogP contribution < -0.4 is 0 Å². The zero-order chi connectivity index (χ0) is 16.2. The van der Waals surface area contributed by atoms with Gasteiger partial charge in [0.1, 0.15) is 5.54 Å². The Morgan fingerprint density at radius 3 is 2.27 bits per heavy atom. The van der Waals surface area contributed by atoms with Gasteiger partial charge in [-0.05, 0) is 64.5 Å². The summed E-state index contributed by atoms with van der Waals surface area (Å²) in [7, 11) is 1.84. The van der Waals surface area contributed by atoms with Crippen molar-refractivity contribution in [3.63, 3.8) is 0 Å². The van der Waals surface area contributed by atoms with Gasteiger partial charge in [0.05, 0.1) is 12.1 Å². The van der Waals surface area contributed by atoms with Crippen LogP contribution in [0.25, 0.3) is 0 Å². The van der Waals surface area contributed by atoms with Gasteiger partial charge in [0.2, 0.25) is 5.91 Å². The molecule has 0 bridgehead atoms. The average molecular weight is 305 g/mol. The van der Waals surface area contributed by atoms with Crippen LogP contribution in [0.15, 0.2) is 0 Å². The number of carbonyl (C=O) groups excluding carboxylic acids is 1. The van der Waals surface area contributed by atoms with Crippen molar-refractivity contribution < 1.29 is 4.79 Å². The van der Waals surface area contributed by atoms with Crippen molar-refractivity contribution in [2.75, 3.05) is 20.1 Å². The number of nitriles is 1. The number of hydrogen-bond donors (Lipinski definition) is 0. The van der Waals surface area contributed by atoms with Crippen LogP contribution in [0.1, 0.15) is 65.2 Å². The van der Waals surface area contributed by atoms with Crippen LogP contribution in [0.3, 0.4) is 0 Å². The zero-order valence-corrected chi connectivity index (χ0v) is 14.5. The van der Waals surface area contributed by atoms with Crippen LogP contribution in [-0.4, -0.2) is 47.4 Å². The Labute approximate surface area is 135 Å². The van der Waals surface area contributed by atoms with Crippen molar-refractivity contribution in [3.05, 3.63) is 0 Å². The highest BCUT2D eigenvalue weighted by molar-refractivity contribution is 5.82. The molecule has 1 aliphatic carbocycles. The number of amides is 1. The van der Waals surface area contributed by atoms with Gasteiger partial charge in [-0.2, -0.15) is 5.26 Å². The van der Waals surface area contributed by atoms with E-state index in [1.54, 1.807) is 4.90 Å². The summed E-state index contributed by atoms with van der Waals surface area (Å²) in [5.74, 6) is 0.797. The molecule has 0 aromatic carbocycles. The fourth-order valence-corrected chi connectivity index (χ4v) is 3.89. The Hall–Kier alpha value is -1.08. The molecule has 4 heteroatoms. The molecule has 0 radical (unpaired) electrons. The first-order chi connectivity index (χ1) is 10.5. The molecule has 2 fully saturated rings. The third-order valence-electron chi connectivity index (χ3n) is 5.83. The number of likely N-dealkylation sites (N-methyl/N-ethyl adjacent to an activating group) is 1. The van der Waals surface area contributed by atoms with Crippen LogP contribution in [0.4, 0.5) is 0 Å². The minimum Gasteiger partial charge on any atom is -0.326 e. The van der Waals surface area contributed by atoms with E-state index >= 15 is 0 Å². The van der Waals surface area contributed by atoms with Crippen molar-refractivity contribution >= 4 is 5.91 Å². The van der Waals surface area contributed by atoms with Gasteiger partial charge in [0.15, 0.2) is 0 Å². The molecule has 1 saturated heterocycles. The maximum atomic E-state index is 12.9. The fraction of sp³-hybridized carbons (Fsp3) is 0.889. The summed E-state index contributed by atoms with van der Waals surface area (Å²) < 4.78 is 0. The van der Waals surface area contributed by atoms with E-state index in [1.165, 1.54) is 25.7 Å². The second-order valence-corrected chi connectivity index (χ2v) is 7.35. The summed E-state index contributed by atoms with van der Waals surface area (Å²) in [6, 6.07) is 2.37. The highest BCUT2D eigenvalue weighted by atomic mass is 16.2. The van der Waals surface area contributed by atoms with Crippen LogP contribution in [-0.2, 0) is 4.79 Å². The van der Waals surface area contributed by atoms with E-state index < -0.39 is 5.54 Å². The molecule has 2 rings (SSSR count). The van der Waals surface area contributed by atoms with Gasteiger partial charge in [0.25, 0.3) is 0 Å². The topological polar surface area (TPSA) is 47.3 Å². The largest absolute Gasteiger partial charge is 0.326 e. The van der Waals surface area contributed by atoms with Crippen molar-refractivity contribution in [2.45, 2.75) is 76.8 Å². The van der Waals surface area contributed by atoms with Crippen LogP contribution in [0.5, 0.6) is 0 Å². The molecule has 1 amide bonds. The molecule has 0 aromatic rings. The number of rotatable bonds is 3. The minimum atomic E-state index is -0.580. The second-order valence-electron chi connectivity index (χ2n) is 7.35. The molecule has 1 saturated carbocycles. The molecule has 0 spiro atoms. The van der Waals surface area contributed by atoms with Crippen LogP contribution in [0.2, 0.25) is 0 Å². The number of hydrogen-bond acceptors (Lipinski definition) is 3. The molecule has 124 valence electrons. The summed E-state index contributed by atoms with van der Waals surface area (Å²) in [5.41, 5.74) is -0.580. The third-order valence-corrected chi connectivity index (χ3v) is 5.83. The number of carbonyl (C=O) groups is 1. The van der Waals surface area contributed by atoms with Crippen molar-refractivity contribution in [1.29, 1.82) is 5.26 Å². The summed E-state index contributed by atoms with van der Waals surface area (Å²) in [6.07, 6.45) is 8.64. The van der Waals surface area contributed by atoms with Gasteiger partial charge in [-0.25, -0.2) is 0 Å². The molecule has 1 heterocycles. The maximum absolute atomic E-state index is 12.9.